The minimum absolute atomic E-state index is 0.0000765. The fourth-order valence-electron chi connectivity index (χ4n) is 1.53. The highest BCUT2D eigenvalue weighted by atomic mass is 79.9. The molecule has 2 N–H and O–H groups in total. The number of aliphatic carboxylic acids is 1. The zero-order chi connectivity index (χ0) is 16.3. The number of carboxylic acid groups (broad SMARTS) is 1. The third-order valence-electron chi connectivity index (χ3n) is 3.01. The summed E-state index contributed by atoms with van der Waals surface area (Å²) in [5.74, 6) is -0.174. The summed E-state index contributed by atoms with van der Waals surface area (Å²) in [5.41, 5.74) is 0.0738. The Labute approximate surface area is 135 Å². The maximum atomic E-state index is 11.2. The summed E-state index contributed by atoms with van der Waals surface area (Å²) in [6, 6.07) is 5.81. The van der Waals surface area contributed by atoms with Gasteiger partial charge in [0.1, 0.15) is 12.4 Å². The van der Waals surface area contributed by atoms with Crippen molar-refractivity contribution in [1.29, 1.82) is 0 Å². The van der Waals surface area contributed by atoms with Gasteiger partial charge in [0.05, 0.1) is 9.89 Å². The molecule has 4 nitrogen and oxygen atoms in total. The smallest absolute Gasteiger partial charge is 0.312 e. The van der Waals surface area contributed by atoms with Crippen LogP contribution in [0.5, 0.6) is 5.75 Å². The van der Waals surface area contributed by atoms with E-state index in [4.69, 9.17) is 9.84 Å². The molecule has 21 heavy (non-hydrogen) atoms. The standard InChI is InChI=1S/C16H24BrNO3/c1-15(2,3)18-9-11-7-6-8-12(17)13(11)21-10-16(4,5)14(19)20/h6-8,18H,9-10H2,1-5H3,(H,19,20). The first-order valence-electron chi connectivity index (χ1n) is 6.91. The molecule has 0 saturated heterocycles. The van der Waals surface area contributed by atoms with Crippen molar-refractivity contribution < 1.29 is 14.6 Å². The molecule has 1 aromatic carbocycles. The van der Waals surface area contributed by atoms with Gasteiger partial charge >= 0.3 is 5.97 Å². The van der Waals surface area contributed by atoms with Crippen LogP contribution in [0.4, 0.5) is 0 Å². The average molecular weight is 358 g/mol. The van der Waals surface area contributed by atoms with E-state index in [2.05, 4.69) is 42.0 Å². The van der Waals surface area contributed by atoms with Crippen molar-refractivity contribution in [1.82, 2.24) is 5.32 Å². The largest absolute Gasteiger partial charge is 0.491 e. The molecule has 0 fully saturated rings. The van der Waals surface area contributed by atoms with Crippen LogP contribution in [-0.2, 0) is 11.3 Å². The van der Waals surface area contributed by atoms with Crippen LogP contribution in [0.25, 0.3) is 0 Å². The van der Waals surface area contributed by atoms with Crippen LogP contribution in [0.2, 0.25) is 0 Å². The monoisotopic (exact) mass is 357 g/mol. The molecule has 0 radical (unpaired) electrons. The normalized spacial score (nSPS) is 12.3. The van der Waals surface area contributed by atoms with E-state index in [1.807, 2.05) is 18.2 Å². The predicted octanol–water partition coefficient (Wildman–Crippen LogP) is 3.83. The second-order valence-electron chi connectivity index (χ2n) is 6.81. The Morgan fingerprint density at radius 1 is 1.29 bits per heavy atom. The van der Waals surface area contributed by atoms with Crippen LogP contribution in [0, 0.1) is 5.41 Å². The Hall–Kier alpha value is -1.07. The number of nitrogens with one attached hydrogen (secondary N) is 1. The highest BCUT2D eigenvalue weighted by Crippen LogP contribution is 2.31. The molecule has 0 aliphatic carbocycles. The lowest BCUT2D eigenvalue weighted by molar-refractivity contribution is -0.148. The van der Waals surface area contributed by atoms with E-state index < -0.39 is 11.4 Å². The van der Waals surface area contributed by atoms with E-state index >= 15 is 0 Å². The van der Waals surface area contributed by atoms with Gasteiger partial charge in [0.2, 0.25) is 0 Å². The lowest BCUT2D eigenvalue weighted by Crippen LogP contribution is -2.35. The van der Waals surface area contributed by atoms with Gasteiger partial charge < -0.3 is 15.2 Å². The van der Waals surface area contributed by atoms with Crippen molar-refractivity contribution in [2.24, 2.45) is 5.41 Å². The Balaban J connectivity index is 2.88. The third kappa shape index (κ3) is 5.67. The van der Waals surface area contributed by atoms with Crippen molar-refractivity contribution in [3.63, 3.8) is 0 Å². The molecular weight excluding hydrogens is 334 g/mol. The van der Waals surface area contributed by atoms with Crippen molar-refractivity contribution in [2.75, 3.05) is 6.61 Å². The average Bonchev–Trinajstić information content (AvgIpc) is 2.34. The zero-order valence-corrected chi connectivity index (χ0v) is 14.9. The Morgan fingerprint density at radius 3 is 2.43 bits per heavy atom. The van der Waals surface area contributed by atoms with Crippen LogP contribution >= 0.6 is 15.9 Å². The molecular formula is C16H24BrNO3. The van der Waals surface area contributed by atoms with Gasteiger partial charge in [-0.25, -0.2) is 0 Å². The van der Waals surface area contributed by atoms with Gasteiger partial charge in [0.25, 0.3) is 0 Å². The van der Waals surface area contributed by atoms with Gasteiger partial charge in [-0.1, -0.05) is 12.1 Å². The molecule has 0 heterocycles. The SMILES string of the molecule is CC(C)(C)NCc1cccc(Br)c1OCC(C)(C)C(=O)O. The maximum absolute atomic E-state index is 11.2. The van der Waals surface area contributed by atoms with Crippen LogP contribution in [-0.4, -0.2) is 23.2 Å². The minimum atomic E-state index is -0.927. The second kappa shape index (κ2) is 6.79. The number of carboxylic acids is 1. The zero-order valence-electron chi connectivity index (χ0n) is 13.3. The number of rotatable bonds is 6. The highest BCUT2D eigenvalue weighted by Gasteiger charge is 2.28. The summed E-state index contributed by atoms with van der Waals surface area (Å²) in [7, 11) is 0. The number of benzene rings is 1. The number of halogens is 1. The Bertz CT molecular complexity index is 507. The van der Waals surface area contributed by atoms with E-state index in [0.717, 1.165) is 10.0 Å². The first-order chi connectivity index (χ1) is 9.53. The molecule has 1 rings (SSSR count). The molecule has 0 atom stereocenters. The minimum Gasteiger partial charge on any atom is -0.491 e. The van der Waals surface area contributed by atoms with Crippen molar-refractivity contribution in [3.8, 4) is 5.75 Å². The van der Waals surface area contributed by atoms with Crippen molar-refractivity contribution in [2.45, 2.75) is 46.7 Å². The van der Waals surface area contributed by atoms with E-state index in [1.54, 1.807) is 13.8 Å². The molecule has 0 spiro atoms. The van der Waals surface area contributed by atoms with Gasteiger partial charge in [0.15, 0.2) is 0 Å². The topological polar surface area (TPSA) is 58.6 Å². The first kappa shape index (κ1) is 18.0. The molecule has 118 valence electrons. The van der Waals surface area contributed by atoms with Gasteiger partial charge in [-0.2, -0.15) is 0 Å². The molecule has 0 saturated carbocycles. The van der Waals surface area contributed by atoms with Crippen LogP contribution in [0.15, 0.2) is 22.7 Å². The van der Waals surface area contributed by atoms with Crippen LogP contribution in [0.3, 0.4) is 0 Å². The number of hydrogen-bond acceptors (Lipinski definition) is 3. The van der Waals surface area contributed by atoms with E-state index in [9.17, 15) is 4.79 Å². The van der Waals surface area contributed by atoms with Gasteiger partial charge in [0, 0.05) is 17.6 Å². The lowest BCUT2D eigenvalue weighted by Gasteiger charge is -2.24. The number of para-hydroxylation sites is 1. The summed E-state index contributed by atoms with van der Waals surface area (Å²) in [6.07, 6.45) is 0. The lowest BCUT2D eigenvalue weighted by atomic mass is 9.95. The number of carbonyl (C=O) groups is 1. The van der Waals surface area contributed by atoms with Gasteiger partial charge in [-0.3, -0.25) is 4.79 Å². The summed E-state index contributed by atoms with van der Waals surface area (Å²) >= 11 is 3.47. The fourth-order valence-corrected chi connectivity index (χ4v) is 2.05. The fraction of sp³-hybridized carbons (Fsp3) is 0.562. The second-order valence-corrected chi connectivity index (χ2v) is 7.66. The number of ether oxygens (including phenoxy) is 1. The van der Waals surface area contributed by atoms with E-state index in [1.165, 1.54) is 0 Å². The first-order valence-corrected chi connectivity index (χ1v) is 7.71. The van der Waals surface area contributed by atoms with Crippen LogP contribution in [0.1, 0.15) is 40.2 Å². The molecule has 1 aromatic rings. The summed E-state index contributed by atoms with van der Waals surface area (Å²) < 4.78 is 6.62. The molecule has 5 heteroatoms. The number of hydrogen-bond donors (Lipinski definition) is 2. The highest BCUT2D eigenvalue weighted by molar-refractivity contribution is 9.10. The Morgan fingerprint density at radius 2 is 1.90 bits per heavy atom. The molecule has 0 aliphatic rings. The van der Waals surface area contributed by atoms with Crippen molar-refractivity contribution >= 4 is 21.9 Å². The summed E-state index contributed by atoms with van der Waals surface area (Å²) in [4.78, 5) is 11.2. The summed E-state index contributed by atoms with van der Waals surface area (Å²) in [5, 5.41) is 12.6. The van der Waals surface area contributed by atoms with E-state index in [-0.39, 0.29) is 12.1 Å². The van der Waals surface area contributed by atoms with Gasteiger partial charge in [-0.05, 0) is 56.6 Å². The van der Waals surface area contributed by atoms with Gasteiger partial charge in [-0.15, -0.1) is 0 Å². The molecule has 0 amide bonds. The quantitative estimate of drug-likeness (QED) is 0.812. The summed E-state index contributed by atoms with van der Waals surface area (Å²) in [6.45, 7) is 10.4. The molecule has 0 unspecified atom stereocenters. The predicted molar refractivity (Wildman–Crippen MR) is 87.6 cm³/mol. The molecule has 0 aromatic heterocycles. The third-order valence-corrected chi connectivity index (χ3v) is 3.64. The van der Waals surface area contributed by atoms with E-state index in [0.29, 0.717) is 12.3 Å². The maximum Gasteiger partial charge on any atom is 0.312 e. The van der Waals surface area contributed by atoms with Crippen LogP contribution < -0.4 is 10.1 Å². The van der Waals surface area contributed by atoms with Crippen molar-refractivity contribution in [3.05, 3.63) is 28.2 Å². The Kier molecular flexibility index (Phi) is 5.82. The molecule has 0 bridgehead atoms. The molecule has 0 aliphatic heterocycles.